The molecule has 0 atom stereocenters. The summed E-state index contributed by atoms with van der Waals surface area (Å²) in [6, 6.07) is 12.0. The molecule has 35 heavy (non-hydrogen) atoms. The van der Waals surface area contributed by atoms with Crippen molar-refractivity contribution >= 4 is 11.8 Å². The number of halogens is 7. The minimum absolute atomic E-state index is 0.0159. The van der Waals surface area contributed by atoms with Gasteiger partial charge >= 0.3 is 12.1 Å². The molecule has 0 bridgehead atoms. The van der Waals surface area contributed by atoms with Crippen LogP contribution in [0.25, 0.3) is 17.0 Å². The normalized spacial score (nSPS) is 12.3. The number of hydrogen-bond donors (Lipinski definition) is 0. The Bertz CT molecular complexity index is 1210. The van der Waals surface area contributed by atoms with E-state index in [1.54, 1.807) is 6.92 Å². The molecule has 0 fully saturated rings. The maximum atomic E-state index is 14.1. The van der Waals surface area contributed by atoms with Gasteiger partial charge in [0.1, 0.15) is 29.6 Å². The fraction of sp³-hybridized carbons (Fsp3) is 0.160. The number of carbonyl (C=O) groups excluding carboxylic acids is 1. The second-order valence-corrected chi connectivity index (χ2v) is 7.16. The lowest BCUT2D eigenvalue weighted by atomic mass is 10.0. The third-order valence-corrected chi connectivity index (χ3v) is 4.77. The van der Waals surface area contributed by atoms with Crippen molar-refractivity contribution in [1.82, 2.24) is 0 Å². The molecular formula is C25H17F7O3. The molecule has 0 radical (unpaired) electrons. The second-order valence-electron chi connectivity index (χ2n) is 7.16. The first-order valence-electron chi connectivity index (χ1n) is 10.1. The molecule has 0 amide bonds. The SMILES string of the molecule is CCOCC(F)=C(F)c1ccc(-c2ccc(C(=O)Oc3cc(F)c(C(F)(F)F)c(F)c3)cc2)cc1. The van der Waals surface area contributed by atoms with Crippen LogP contribution in [-0.4, -0.2) is 19.2 Å². The molecule has 184 valence electrons. The zero-order valence-electron chi connectivity index (χ0n) is 18.1. The molecule has 3 aromatic carbocycles. The third kappa shape index (κ3) is 6.27. The van der Waals surface area contributed by atoms with Gasteiger partial charge in [0.2, 0.25) is 0 Å². The Hall–Kier alpha value is -3.66. The Morgan fingerprint density at radius 3 is 1.77 bits per heavy atom. The molecule has 10 heteroatoms. The fourth-order valence-electron chi connectivity index (χ4n) is 3.06. The van der Waals surface area contributed by atoms with Crippen LogP contribution in [0.2, 0.25) is 0 Å². The smallest absolute Gasteiger partial charge is 0.422 e. The summed E-state index contributed by atoms with van der Waals surface area (Å²) < 4.78 is 103. The van der Waals surface area contributed by atoms with Gasteiger partial charge in [-0.3, -0.25) is 0 Å². The van der Waals surface area contributed by atoms with Crippen LogP contribution in [-0.2, 0) is 10.9 Å². The Labute approximate surface area is 195 Å². The largest absolute Gasteiger partial charge is 0.423 e. The molecular weight excluding hydrogens is 481 g/mol. The second kappa shape index (κ2) is 10.7. The maximum absolute atomic E-state index is 14.1. The van der Waals surface area contributed by atoms with Gasteiger partial charge in [0.25, 0.3) is 0 Å². The first kappa shape index (κ1) is 26.0. The molecule has 0 N–H and O–H groups in total. The van der Waals surface area contributed by atoms with Crippen LogP contribution in [0.1, 0.15) is 28.4 Å². The molecule has 0 aliphatic rings. The lowest BCUT2D eigenvalue weighted by Crippen LogP contribution is -2.13. The zero-order chi connectivity index (χ0) is 25.8. The van der Waals surface area contributed by atoms with Gasteiger partial charge in [-0.05, 0) is 30.2 Å². The molecule has 0 saturated heterocycles. The fourth-order valence-corrected chi connectivity index (χ4v) is 3.06. The summed E-state index contributed by atoms with van der Waals surface area (Å²) in [6.07, 6.45) is -5.25. The van der Waals surface area contributed by atoms with Crippen LogP contribution >= 0.6 is 0 Å². The summed E-state index contributed by atoms with van der Waals surface area (Å²) >= 11 is 0. The number of alkyl halides is 3. The minimum atomic E-state index is -5.25. The summed E-state index contributed by atoms with van der Waals surface area (Å²) in [4.78, 5) is 12.2. The van der Waals surface area contributed by atoms with Gasteiger partial charge in [-0.1, -0.05) is 36.4 Å². The van der Waals surface area contributed by atoms with Crippen molar-refractivity contribution in [3.63, 3.8) is 0 Å². The van der Waals surface area contributed by atoms with Gasteiger partial charge in [-0.2, -0.15) is 13.2 Å². The Kier molecular flexibility index (Phi) is 7.96. The molecule has 0 aliphatic carbocycles. The number of benzene rings is 3. The summed E-state index contributed by atoms with van der Waals surface area (Å²) in [5.41, 5.74) is -0.905. The predicted molar refractivity (Wildman–Crippen MR) is 114 cm³/mol. The molecule has 0 saturated carbocycles. The average molecular weight is 498 g/mol. The van der Waals surface area contributed by atoms with E-state index in [9.17, 15) is 35.5 Å². The van der Waals surface area contributed by atoms with Gasteiger partial charge in [-0.25, -0.2) is 22.4 Å². The van der Waals surface area contributed by atoms with E-state index in [2.05, 4.69) is 0 Å². The average Bonchev–Trinajstić information content (AvgIpc) is 2.81. The molecule has 0 aliphatic heterocycles. The van der Waals surface area contributed by atoms with Crippen LogP contribution in [0.4, 0.5) is 30.7 Å². The van der Waals surface area contributed by atoms with Crippen LogP contribution in [0.15, 0.2) is 66.5 Å². The highest BCUT2D eigenvalue weighted by Gasteiger charge is 2.38. The standard InChI is InChI=1S/C25H17F7O3/c1-2-34-13-21(28)23(29)16-7-3-14(4-8-16)15-5-9-17(10-6-15)24(33)35-18-11-19(26)22(20(27)12-18)25(30,31)32/h3-12H,2,13H2,1H3. The van der Waals surface area contributed by atoms with Gasteiger partial charge < -0.3 is 9.47 Å². The van der Waals surface area contributed by atoms with E-state index in [0.717, 1.165) is 0 Å². The van der Waals surface area contributed by atoms with Crippen molar-refractivity contribution in [1.29, 1.82) is 0 Å². The number of carbonyl (C=O) groups is 1. The summed E-state index contributed by atoms with van der Waals surface area (Å²) in [5, 5.41) is 0. The first-order chi connectivity index (χ1) is 16.5. The molecule has 0 aromatic heterocycles. The van der Waals surface area contributed by atoms with Crippen LogP contribution < -0.4 is 4.74 Å². The minimum Gasteiger partial charge on any atom is -0.423 e. The van der Waals surface area contributed by atoms with Crippen molar-refractivity contribution in [3.8, 4) is 16.9 Å². The monoisotopic (exact) mass is 498 g/mol. The highest BCUT2D eigenvalue weighted by atomic mass is 19.4. The summed E-state index contributed by atoms with van der Waals surface area (Å²) in [6.45, 7) is 1.41. The highest BCUT2D eigenvalue weighted by molar-refractivity contribution is 5.91. The molecule has 3 nitrogen and oxygen atoms in total. The van der Waals surface area contributed by atoms with Crippen molar-refractivity contribution in [2.45, 2.75) is 13.1 Å². The summed E-state index contributed by atoms with van der Waals surface area (Å²) in [7, 11) is 0. The highest BCUT2D eigenvalue weighted by Crippen LogP contribution is 2.35. The van der Waals surface area contributed by atoms with Crippen molar-refractivity contribution in [3.05, 3.63) is 94.8 Å². The molecule has 0 spiro atoms. The van der Waals surface area contributed by atoms with Crippen LogP contribution in [0.5, 0.6) is 5.75 Å². The first-order valence-corrected chi connectivity index (χ1v) is 10.1. The predicted octanol–water partition coefficient (Wildman–Crippen LogP) is 7.51. The Balaban J connectivity index is 1.73. The Morgan fingerprint density at radius 1 is 0.829 bits per heavy atom. The number of ether oxygens (including phenoxy) is 2. The lowest BCUT2D eigenvalue weighted by molar-refractivity contribution is -0.142. The Morgan fingerprint density at radius 2 is 1.31 bits per heavy atom. The zero-order valence-corrected chi connectivity index (χ0v) is 18.1. The molecule has 3 rings (SSSR count). The quantitative estimate of drug-likeness (QED) is 0.192. The third-order valence-electron chi connectivity index (χ3n) is 4.77. The molecule has 3 aromatic rings. The number of rotatable bonds is 7. The number of esters is 1. The van der Waals surface area contributed by atoms with Gasteiger partial charge in [0, 0.05) is 24.3 Å². The topological polar surface area (TPSA) is 35.5 Å². The van der Waals surface area contributed by atoms with Crippen molar-refractivity contribution < 1.29 is 45.0 Å². The lowest BCUT2D eigenvalue weighted by Gasteiger charge is -2.11. The van der Waals surface area contributed by atoms with Gasteiger partial charge in [0.05, 0.1) is 5.56 Å². The molecule has 0 heterocycles. The van der Waals surface area contributed by atoms with Crippen molar-refractivity contribution in [2.24, 2.45) is 0 Å². The van der Waals surface area contributed by atoms with E-state index in [1.807, 2.05) is 0 Å². The van der Waals surface area contributed by atoms with Crippen molar-refractivity contribution in [2.75, 3.05) is 13.2 Å². The van der Waals surface area contributed by atoms with Crippen LogP contribution in [0, 0.1) is 11.6 Å². The van der Waals surface area contributed by atoms with E-state index < -0.39 is 53.4 Å². The van der Waals surface area contributed by atoms with E-state index in [1.165, 1.54) is 48.5 Å². The molecule has 0 unspecified atom stereocenters. The van der Waals surface area contributed by atoms with E-state index in [0.29, 0.717) is 11.1 Å². The van der Waals surface area contributed by atoms with Crippen LogP contribution in [0.3, 0.4) is 0 Å². The summed E-state index contributed by atoms with van der Waals surface area (Å²) in [5.74, 6) is -7.69. The van der Waals surface area contributed by atoms with Gasteiger partial charge in [-0.15, -0.1) is 0 Å². The maximum Gasteiger partial charge on any atom is 0.422 e. The van der Waals surface area contributed by atoms with E-state index in [4.69, 9.17) is 9.47 Å². The van der Waals surface area contributed by atoms with E-state index >= 15 is 0 Å². The number of hydrogen-bond acceptors (Lipinski definition) is 3. The van der Waals surface area contributed by atoms with Gasteiger partial charge in [0.15, 0.2) is 11.7 Å². The van der Waals surface area contributed by atoms with E-state index in [-0.39, 0.29) is 29.9 Å².